The maximum atomic E-state index is 13.5. The fourth-order valence-electron chi connectivity index (χ4n) is 2.46. The number of hydrogen-bond donors (Lipinski definition) is 0. The molecule has 4 rings (SSSR count). The van der Waals surface area contributed by atoms with E-state index in [9.17, 15) is 4.39 Å². The van der Waals surface area contributed by atoms with Gasteiger partial charge in [-0.2, -0.15) is 0 Å². The highest BCUT2D eigenvalue weighted by molar-refractivity contribution is 7.99. The second kappa shape index (κ2) is 6.94. The number of rotatable bonds is 7. The van der Waals surface area contributed by atoms with Crippen LogP contribution in [0.1, 0.15) is 18.9 Å². The van der Waals surface area contributed by atoms with Crippen LogP contribution in [-0.4, -0.2) is 27.1 Å². The molecule has 3 aromatic rings. The Balaban J connectivity index is 1.41. The average Bonchev–Trinajstić information content (AvgIpc) is 3.11. The van der Waals surface area contributed by atoms with Crippen LogP contribution in [0.25, 0.3) is 10.7 Å². The van der Waals surface area contributed by atoms with Crippen LogP contribution < -0.4 is 4.74 Å². The topological polar surface area (TPSA) is 39.9 Å². The summed E-state index contributed by atoms with van der Waals surface area (Å²) in [6, 6.07) is 11.1. The number of aromatic nitrogens is 3. The van der Waals surface area contributed by atoms with Crippen molar-refractivity contribution in [3.8, 4) is 16.5 Å². The number of benzene rings is 1. The number of thiophene rings is 1. The minimum Gasteiger partial charge on any atom is -0.490 e. The van der Waals surface area contributed by atoms with E-state index in [-0.39, 0.29) is 5.82 Å². The average molecular weight is 361 g/mol. The minimum atomic E-state index is -0.330. The van der Waals surface area contributed by atoms with Gasteiger partial charge in [0, 0.05) is 11.8 Å². The largest absolute Gasteiger partial charge is 0.490 e. The molecule has 0 unspecified atom stereocenters. The first-order valence-corrected chi connectivity index (χ1v) is 9.68. The standard InChI is InChI=1S/C17H16FN3OS2/c18-13-4-1-2-5-14(13)22-9-11-24-17-20-19-16(15-6-3-10-23-15)21(17)12-7-8-12/h1-6,10,12H,7-9,11H2. The molecule has 1 saturated carbocycles. The Kier molecular flexibility index (Phi) is 4.53. The smallest absolute Gasteiger partial charge is 0.191 e. The summed E-state index contributed by atoms with van der Waals surface area (Å²) in [7, 11) is 0. The highest BCUT2D eigenvalue weighted by Crippen LogP contribution is 2.41. The fourth-order valence-corrected chi connectivity index (χ4v) is 3.99. The molecule has 1 aliphatic rings. The Bertz CT molecular complexity index is 815. The third kappa shape index (κ3) is 3.32. The van der Waals surface area contributed by atoms with E-state index >= 15 is 0 Å². The molecule has 0 atom stereocenters. The second-order valence-electron chi connectivity index (χ2n) is 5.51. The van der Waals surface area contributed by atoms with Crippen molar-refractivity contribution in [2.45, 2.75) is 24.0 Å². The van der Waals surface area contributed by atoms with Crippen LogP contribution in [-0.2, 0) is 0 Å². The second-order valence-corrected chi connectivity index (χ2v) is 7.52. The third-order valence-corrected chi connectivity index (χ3v) is 5.50. The first-order valence-electron chi connectivity index (χ1n) is 7.82. The molecule has 1 fully saturated rings. The number of ether oxygens (including phenoxy) is 1. The SMILES string of the molecule is Fc1ccccc1OCCSc1nnc(-c2cccs2)n1C1CC1. The van der Waals surface area contributed by atoms with Gasteiger partial charge < -0.3 is 4.74 Å². The van der Waals surface area contributed by atoms with E-state index < -0.39 is 0 Å². The van der Waals surface area contributed by atoms with Crippen LogP contribution in [0.3, 0.4) is 0 Å². The van der Waals surface area contributed by atoms with Crippen molar-refractivity contribution in [1.29, 1.82) is 0 Å². The maximum absolute atomic E-state index is 13.5. The van der Waals surface area contributed by atoms with Crippen molar-refractivity contribution in [3.63, 3.8) is 0 Å². The molecule has 0 radical (unpaired) electrons. The van der Waals surface area contributed by atoms with Crippen LogP contribution in [0.4, 0.5) is 4.39 Å². The summed E-state index contributed by atoms with van der Waals surface area (Å²) in [4.78, 5) is 1.14. The Morgan fingerprint density at radius 2 is 2.08 bits per heavy atom. The zero-order chi connectivity index (χ0) is 16.4. The number of hydrogen-bond acceptors (Lipinski definition) is 5. The molecular formula is C17H16FN3OS2. The molecule has 1 aliphatic carbocycles. The number of para-hydroxylation sites is 1. The van der Waals surface area contributed by atoms with Crippen LogP contribution in [0.5, 0.6) is 5.75 Å². The summed E-state index contributed by atoms with van der Waals surface area (Å²) in [5.74, 6) is 1.61. The summed E-state index contributed by atoms with van der Waals surface area (Å²) < 4.78 is 21.3. The molecule has 124 valence electrons. The molecule has 24 heavy (non-hydrogen) atoms. The van der Waals surface area contributed by atoms with Gasteiger partial charge in [-0.1, -0.05) is 30.0 Å². The molecule has 0 aliphatic heterocycles. The van der Waals surface area contributed by atoms with E-state index in [0.717, 1.165) is 15.9 Å². The van der Waals surface area contributed by atoms with Crippen molar-refractivity contribution < 1.29 is 9.13 Å². The Morgan fingerprint density at radius 1 is 1.21 bits per heavy atom. The van der Waals surface area contributed by atoms with E-state index in [1.807, 2.05) is 6.07 Å². The molecule has 4 nitrogen and oxygen atoms in total. The molecule has 0 bridgehead atoms. The lowest BCUT2D eigenvalue weighted by Gasteiger charge is -2.09. The first kappa shape index (κ1) is 15.7. The van der Waals surface area contributed by atoms with Gasteiger partial charge in [0.25, 0.3) is 0 Å². The van der Waals surface area contributed by atoms with Gasteiger partial charge in [0.15, 0.2) is 22.5 Å². The molecule has 0 N–H and O–H groups in total. The Morgan fingerprint density at radius 3 is 2.83 bits per heavy atom. The normalized spacial score (nSPS) is 14.0. The van der Waals surface area contributed by atoms with Crippen LogP contribution >= 0.6 is 23.1 Å². The van der Waals surface area contributed by atoms with Crippen LogP contribution in [0, 0.1) is 5.82 Å². The lowest BCUT2D eigenvalue weighted by atomic mass is 10.3. The first-order chi connectivity index (χ1) is 11.8. The summed E-state index contributed by atoms with van der Waals surface area (Å²) in [5.41, 5.74) is 0. The monoisotopic (exact) mass is 361 g/mol. The van der Waals surface area contributed by atoms with Crippen molar-refractivity contribution in [1.82, 2.24) is 14.8 Å². The molecule has 0 saturated heterocycles. The molecule has 7 heteroatoms. The highest BCUT2D eigenvalue weighted by atomic mass is 32.2. The van der Waals surface area contributed by atoms with E-state index in [2.05, 4.69) is 26.2 Å². The molecule has 2 aromatic heterocycles. The van der Waals surface area contributed by atoms with E-state index in [0.29, 0.717) is 24.2 Å². The molecule has 2 heterocycles. The van der Waals surface area contributed by atoms with Gasteiger partial charge in [-0.15, -0.1) is 21.5 Å². The van der Waals surface area contributed by atoms with Crippen LogP contribution in [0.2, 0.25) is 0 Å². The predicted octanol–water partition coefficient (Wildman–Crippen LogP) is 4.65. The van der Waals surface area contributed by atoms with Crippen molar-refractivity contribution in [2.24, 2.45) is 0 Å². The van der Waals surface area contributed by atoms with Gasteiger partial charge in [0.05, 0.1) is 11.5 Å². The molecule has 1 aromatic carbocycles. The summed E-state index contributed by atoms with van der Waals surface area (Å²) in [6.45, 7) is 0.428. The quantitative estimate of drug-likeness (QED) is 0.454. The van der Waals surface area contributed by atoms with Gasteiger partial charge in [-0.3, -0.25) is 4.57 Å². The van der Waals surface area contributed by atoms with Gasteiger partial charge in [-0.25, -0.2) is 4.39 Å². The Labute approximate surface area is 147 Å². The van der Waals surface area contributed by atoms with E-state index in [1.165, 1.54) is 18.9 Å². The molecular weight excluding hydrogens is 345 g/mol. The Hall–Kier alpha value is -1.86. The number of halogens is 1. The summed E-state index contributed by atoms with van der Waals surface area (Å²) in [5, 5.41) is 11.7. The van der Waals surface area contributed by atoms with Gasteiger partial charge in [0.1, 0.15) is 0 Å². The number of nitrogens with zero attached hydrogens (tertiary/aromatic N) is 3. The van der Waals surface area contributed by atoms with E-state index in [1.54, 1.807) is 41.3 Å². The zero-order valence-electron chi connectivity index (χ0n) is 12.9. The van der Waals surface area contributed by atoms with Gasteiger partial charge >= 0.3 is 0 Å². The fraction of sp³-hybridized carbons (Fsp3) is 0.294. The number of thioether (sulfide) groups is 1. The minimum absolute atomic E-state index is 0.293. The molecule has 0 spiro atoms. The highest BCUT2D eigenvalue weighted by Gasteiger charge is 2.30. The summed E-state index contributed by atoms with van der Waals surface area (Å²) in [6.07, 6.45) is 2.35. The zero-order valence-corrected chi connectivity index (χ0v) is 14.5. The van der Waals surface area contributed by atoms with Crippen molar-refractivity contribution in [2.75, 3.05) is 12.4 Å². The van der Waals surface area contributed by atoms with Crippen LogP contribution in [0.15, 0.2) is 46.9 Å². The molecule has 0 amide bonds. The van der Waals surface area contributed by atoms with Gasteiger partial charge in [0.2, 0.25) is 0 Å². The van der Waals surface area contributed by atoms with Crippen molar-refractivity contribution in [3.05, 3.63) is 47.6 Å². The third-order valence-electron chi connectivity index (χ3n) is 3.73. The lowest BCUT2D eigenvalue weighted by Crippen LogP contribution is -2.04. The van der Waals surface area contributed by atoms with Crippen molar-refractivity contribution >= 4 is 23.1 Å². The maximum Gasteiger partial charge on any atom is 0.191 e. The van der Waals surface area contributed by atoms with E-state index in [4.69, 9.17) is 4.74 Å². The lowest BCUT2D eigenvalue weighted by molar-refractivity contribution is 0.325. The van der Waals surface area contributed by atoms with Gasteiger partial charge in [-0.05, 0) is 36.4 Å². The predicted molar refractivity (Wildman–Crippen MR) is 94.2 cm³/mol. The summed E-state index contributed by atoms with van der Waals surface area (Å²) >= 11 is 3.28.